The van der Waals surface area contributed by atoms with Gasteiger partial charge in [-0.1, -0.05) is 11.6 Å². The third kappa shape index (κ3) is 2.07. The summed E-state index contributed by atoms with van der Waals surface area (Å²) in [5.41, 5.74) is 0.539. The topological polar surface area (TPSA) is 50.9 Å². The van der Waals surface area contributed by atoms with E-state index < -0.39 is 12.0 Å². The third-order valence-electron chi connectivity index (χ3n) is 3.82. The maximum absolute atomic E-state index is 14.1. The molecule has 0 saturated heterocycles. The van der Waals surface area contributed by atoms with E-state index in [1.165, 1.54) is 6.20 Å². The zero-order valence-corrected chi connectivity index (χ0v) is 12.6. The van der Waals surface area contributed by atoms with E-state index in [2.05, 4.69) is 15.0 Å². The summed E-state index contributed by atoms with van der Waals surface area (Å²) in [7, 11) is 0. The smallest absolute Gasteiger partial charge is 0.338 e. The Bertz CT molecular complexity index is 829. The molecule has 5 nitrogen and oxygen atoms in total. The molecule has 0 amide bonds. The van der Waals surface area contributed by atoms with Gasteiger partial charge in [-0.05, 0) is 16.6 Å². The fraction of sp³-hybridized carbons (Fsp3) is 0.385. The van der Waals surface area contributed by atoms with Crippen molar-refractivity contribution in [1.29, 1.82) is 0 Å². The molecule has 4 rings (SSSR count). The van der Waals surface area contributed by atoms with E-state index in [-0.39, 0.29) is 21.9 Å². The number of hydrogen-bond donors (Lipinski definition) is 0. The first kappa shape index (κ1) is 14.2. The summed E-state index contributed by atoms with van der Waals surface area (Å²) in [4.78, 5) is 11.8. The second kappa shape index (κ2) is 5.04. The predicted octanol–water partition coefficient (Wildman–Crippen LogP) is 2.55. The molecule has 22 heavy (non-hydrogen) atoms. The predicted molar refractivity (Wildman–Crippen MR) is 76.3 cm³/mol. The Morgan fingerprint density at radius 2 is 2.14 bits per heavy atom. The quantitative estimate of drug-likeness (QED) is 0.452. The second-order valence-corrected chi connectivity index (χ2v) is 5.80. The van der Waals surface area contributed by atoms with Gasteiger partial charge in [-0.25, -0.2) is 18.3 Å². The van der Waals surface area contributed by atoms with Gasteiger partial charge in [0.25, 0.3) is 0 Å². The van der Waals surface area contributed by atoms with Crippen LogP contribution in [0.25, 0.3) is 10.9 Å². The molecule has 1 aliphatic heterocycles. The molecule has 0 aromatic carbocycles. The molecule has 0 N–H and O–H groups in total. The van der Waals surface area contributed by atoms with E-state index in [4.69, 9.17) is 27.9 Å². The largest absolute Gasteiger partial charge is 0.376 e. The summed E-state index contributed by atoms with van der Waals surface area (Å²) in [6.45, 7) is 1.15. The Hall–Kier alpha value is -1.44. The van der Waals surface area contributed by atoms with E-state index in [0.717, 1.165) is 0 Å². The van der Waals surface area contributed by atoms with Crippen molar-refractivity contribution in [3.63, 3.8) is 0 Å². The fourth-order valence-electron chi connectivity index (χ4n) is 2.71. The maximum Gasteiger partial charge on any atom is 0.338 e. The lowest BCUT2D eigenvalue weighted by molar-refractivity contribution is -0.444. The highest BCUT2D eigenvalue weighted by Crippen LogP contribution is 2.36. The first-order valence-electron chi connectivity index (χ1n) is 6.61. The molecular formula is C13H9Cl2F2N4O+. The molecular weight excluding hydrogens is 337 g/mol. The third-order valence-corrected chi connectivity index (χ3v) is 4.26. The maximum atomic E-state index is 14.1. The highest BCUT2D eigenvalue weighted by atomic mass is 35.5. The number of hydrogen-bond acceptors (Lipinski definition) is 4. The molecule has 114 valence electrons. The molecule has 2 aliphatic rings. The van der Waals surface area contributed by atoms with Gasteiger partial charge in [0.05, 0.1) is 19.1 Å². The van der Waals surface area contributed by atoms with E-state index in [1.807, 2.05) is 0 Å². The molecule has 2 aromatic heterocycles. The number of ether oxygens (including phenoxy) is 1. The molecule has 1 fully saturated rings. The van der Waals surface area contributed by atoms with Gasteiger partial charge in [0.15, 0.2) is 17.1 Å². The van der Waals surface area contributed by atoms with Crippen LogP contribution < -0.4 is 0 Å². The summed E-state index contributed by atoms with van der Waals surface area (Å²) >= 11 is 11.6. The first-order chi connectivity index (χ1) is 10.6. The van der Waals surface area contributed by atoms with Crippen molar-refractivity contribution in [3.05, 3.63) is 22.5 Å². The SMILES string of the molecule is Fc1c(Cl)ncc2c([N+]3=C4C(F)C4COCC3)nc(Cl)nc12. The molecule has 0 bridgehead atoms. The van der Waals surface area contributed by atoms with Crippen LogP contribution in [0.1, 0.15) is 0 Å². The molecule has 2 unspecified atom stereocenters. The minimum Gasteiger partial charge on any atom is -0.376 e. The molecule has 2 aromatic rings. The fourth-order valence-corrected chi connectivity index (χ4v) is 3.01. The zero-order chi connectivity index (χ0) is 15.4. The van der Waals surface area contributed by atoms with Gasteiger partial charge in [-0.2, -0.15) is 4.98 Å². The van der Waals surface area contributed by atoms with Gasteiger partial charge in [0, 0.05) is 6.20 Å². The van der Waals surface area contributed by atoms with E-state index in [0.29, 0.717) is 36.7 Å². The molecule has 1 saturated carbocycles. The summed E-state index contributed by atoms with van der Waals surface area (Å²) in [6.07, 6.45) is 0.290. The van der Waals surface area contributed by atoms with Gasteiger partial charge >= 0.3 is 11.1 Å². The number of rotatable bonds is 1. The van der Waals surface area contributed by atoms with E-state index in [1.54, 1.807) is 4.58 Å². The molecule has 2 atom stereocenters. The Morgan fingerprint density at radius 3 is 2.95 bits per heavy atom. The number of fused-ring (bicyclic) bond motifs is 2. The summed E-state index contributed by atoms with van der Waals surface area (Å²) in [5, 5.41) is -0.103. The van der Waals surface area contributed by atoms with Gasteiger partial charge in [0.2, 0.25) is 0 Å². The van der Waals surface area contributed by atoms with Crippen LogP contribution in [0.5, 0.6) is 0 Å². The number of alkyl halides is 1. The standard InChI is InChI=1S/C13H9Cl2F2N4O/c14-11-8(17)9-5(3-18-11)12(20-13(15)19-9)21-1-2-22-4-6-7(16)10(6)21/h3,6-7H,1-2,4H2/q+1. The average Bonchev–Trinajstić information content (AvgIpc) is 3.18. The Morgan fingerprint density at radius 1 is 1.32 bits per heavy atom. The van der Waals surface area contributed by atoms with Crippen LogP contribution in [0.2, 0.25) is 10.4 Å². The van der Waals surface area contributed by atoms with Crippen molar-refractivity contribution in [3.8, 4) is 0 Å². The van der Waals surface area contributed by atoms with Crippen LogP contribution in [0.15, 0.2) is 6.20 Å². The lowest BCUT2D eigenvalue weighted by Crippen LogP contribution is -2.16. The van der Waals surface area contributed by atoms with Gasteiger partial charge in [-0.15, -0.1) is 0 Å². The number of pyridine rings is 1. The van der Waals surface area contributed by atoms with Crippen LogP contribution in [0, 0.1) is 11.7 Å². The van der Waals surface area contributed by atoms with Gasteiger partial charge in [-0.3, -0.25) is 0 Å². The van der Waals surface area contributed by atoms with E-state index >= 15 is 0 Å². The Kier molecular flexibility index (Phi) is 3.25. The molecule has 0 spiro atoms. The van der Waals surface area contributed by atoms with Crippen LogP contribution in [0.4, 0.5) is 14.6 Å². The summed E-state index contributed by atoms with van der Waals surface area (Å²) in [5.74, 6) is -0.731. The zero-order valence-electron chi connectivity index (χ0n) is 11.1. The molecule has 9 heteroatoms. The minimum atomic E-state index is -1.07. The Balaban J connectivity index is 1.99. The lowest BCUT2D eigenvalue weighted by atomic mass is 10.3. The van der Waals surface area contributed by atoms with E-state index in [9.17, 15) is 8.78 Å². The van der Waals surface area contributed by atoms with Gasteiger partial charge < -0.3 is 4.74 Å². The van der Waals surface area contributed by atoms with Crippen molar-refractivity contribution in [2.75, 3.05) is 19.8 Å². The number of aromatic nitrogens is 3. The van der Waals surface area contributed by atoms with Crippen molar-refractivity contribution in [2.24, 2.45) is 5.92 Å². The van der Waals surface area contributed by atoms with Crippen molar-refractivity contribution in [2.45, 2.75) is 6.17 Å². The van der Waals surface area contributed by atoms with Crippen LogP contribution in [-0.4, -0.2) is 51.2 Å². The monoisotopic (exact) mass is 345 g/mol. The normalized spacial score (nSPS) is 24.4. The highest BCUT2D eigenvalue weighted by Gasteiger charge is 2.54. The Labute approximate surface area is 133 Å². The van der Waals surface area contributed by atoms with Crippen molar-refractivity contribution >= 4 is 45.6 Å². The summed E-state index contributed by atoms with van der Waals surface area (Å²) in [6, 6.07) is 0. The number of nitrogens with zero attached hydrogens (tertiary/aromatic N) is 4. The van der Waals surface area contributed by atoms with Crippen LogP contribution in [-0.2, 0) is 4.74 Å². The van der Waals surface area contributed by atoms with Crippen molar-refractivity contribution in [1.82, 2.24) is 15.0 Å². The average molecular weight is 346 g/mol. The molecule has 3 heterocycles. The van der Waals surface area contributed by atoms with Crippen LogP contribution >= 0.6 is 23.2 Å². The first-order valence-corrected chi connectivity index (χ1v) is 7.37. The molecule has 1 aliphatic carbocycles. The van der Waals surface area contributed by atoms with Crippen molar-refractivity contribution < 1.29 is 18.1 Å². The number of halogens is 4. The lowest BCUT2D eigenvalue weighted by Gasteiger charge is -2.06. The second-order valence-electron chi connectivity index (χ2n) is 5.10. The van der Waals surface area contributed by atoms with Gasteiger partial charge in [0.1, 0.15) is 23.2 Å². The minimum absolute atomic E-state index is 0.0339. The highest BCUT2D eigenvalue weighted by molar-refractivity contribution is 6.30. The molecule has 0 radical (unpaired) electrons. The van der Waals surface area contributed by atoms with Crippen LogP contribution in [0.3, 0.4) is 0 Å². The summed E-state index contributed by atoms with van der Waals surface area (Å²) < 4.78 is 35.1.